The molecule has 23 heavy (non-hydrogen) atoms. The van der Waals surface area contributed by atoms with Crippen LogP contribution in [-0.4, -0.2) is 17.0 Å². The molecule has 0 bridgehead atoms. The van der Waals surface area contributed by atoms with Crippen LogP contribution in [0.15, 0.2) is 41.8 Å². The van der Waals surface area contributed by atoms with Crippen molar-refractivity contribution in [2.75, 3.05) is 6.54 Å². The van der Waals surface area contributed by atoms with Gasteiger partial charge < -0.3 is 9.88 Å². The van der Waals surface area contributed by atoms with Gasteiger partial charge in [-0.3, -0.25) is 4.79 Å². The lowest BCUT2D eigenvalue weighted by atomic mass is 10.1. The molecule has 0 aliphatic carbocycles. The van der Waals surface area contributed by atoms with Gasteiger partial charge in [-0.15, -0.1) is 11.3 Å². The molecule has 0 saturated carbocycles. The number of amides is 1. The van der Waals surface area contributed by atoms with E-state index in [0.717, 1.165) is 15.9 Å². The first-order chi connectivity index (χ1) is 11.0. The maximum Gasteiger partial charge on any atom is 0.267 e. The summed E-state index contributed by atoms with van der Waals surface area (Å²) >= 11 is 1.68. The van der Waals surface area contributed by atoms with Gasteiger partial charge in [-0.25, -0.2) is 0 Å². The minimum absolute atomic E-state index is 0.00853. The lowest BCUT2D eigenvalue weighted by molar-refractivity contribution is 0.0940. The Bertz CT molecular complexity index is 812. The van der Waals surface area contributed by atoms with Gasteiger partial charge in [-0.05, 0) is 35.9 Å². The van der Waals surface area contributed by atoms with Crippen molar-refractivity contribution in [1.82, 2.24) is 9.88 Å². The van der Waals surface area contributed by atoms with Crippen LogP contribution in [0.4, 0.5) is 0 Å². The average Bonchev–Trinajstić information content (AvgIpc) is 3.09. The van der Waals surface area contributed by atoms with Crippen LogP contribution in [0.2, 0.25) is 0 Å². The molecule has 3 nitrogen and oxygen atoms in total. The van der Waals surface area contributed by atoms with E-state index < -0.39 is 0 Å². The Morgan fingerprint density at radius 1 is 1.22 bits per heavy atom. The van der Waals surface area contributed by atoms with Gasteiger partial charge in [-0.2, -0.15) is 0 Å². The number of rotatable bonds is 5. The topological polar surface area (TPSA) is 34.0 Å². The maximum atomic E-state index is 12.6. The molecule has 0 unspecified atom stereocenters. The van der Waals surface area contributed by atoms with Crippen molar-refractivity contribution in [1.29, 1.82) is 0 Å². The summed E-state index contributed by atoms with van der Waals surface area (Å²) in [6.45, 7) is 7.70. The minimum atomic E-state index is 0.00853. The molecular weight excluding hydrogens is 304 g/mol. The Hall–Kier alpha value is -2.07. The molecule has 0 saturated heterocycles. The zero-order valence-corrected chi connectivity index (χ0v) is 14.6. The first-order valence-corrected chi connectivity index (χ1v) is 8.83. The number of thiophene rings is 1. The Balaban J connectivity index is 1.93. The molecule has 1 aromatic carbocycles. The molecule has 4 heteroatoms. The summed E-state index contributed by atoms with van der Waals surface area (Å²) in [6, 6.07) is 12.6. The number of carbonyl (C=O) groups excluding carboxylic acids is 1. The first-order valence-electron chi connectivity index (χ1n) is 7.95. The Morgan fingerprint density at radius 2 is 1.96 bits per heavy atom. The molecule has 0 atom stereocenters. The Morgan fingerprint density at radius 3 is 2.65 bits per heavy atom. The predicted molar refractivity (Wildman–Crippen MR) is 97.3 cm³/mol. The number of nitrogens with zero attached hydrogens (tertiary/aromatic N) is 1. The number of aromatic nitrogens is 1. The first kappa shape index (κ1) is 15.8. The summed E-state index contributed by atoms with van der Waals surface area (Å²) in [6.07, 6.45) is 0. The van der Waals surface area contributed by atoms with Crippen molar-refractivity contribution >= 4 is 27.5 Å². The smallest absolute Gasteiger partial charge is 0.267 e. The number of benzene rings is 1. The van der Waals surface area contributed by atoms with Crippen molar-refractivity contribution in [3.05, 3.63) is 58.6 Å². The van der Waals surface area contributed by atoms with E-state index in [0.29, 0.717) is 19.0 Å². The van der Waals surface area contributed by atoms with Crippen LogP contribution < -0.4 is 5.32 Å². The van der Waals surface area contributed by atoms with E-state index in [1.165, 1.54) is 11.1 Å². The van der Waals surface area contributed by atoms with Crippen LogP contribution >= 0.6 is 11.3 Å². The highest BCUT2D eigenvalue weighted by Crippen LogP contribution is 2.26. The van der Waals surface area contributed by atoms with Gasteiger partial charge in [0.25, 0.3) is 5.91 Å². The third kappa shape index (κ3) is 3.48. The number of carbonyl (C=O) groups is 1. The zero-order chi connectivity index (χ0) is 16.4. The third-order valence-corrected chi connectivity index (χ3v) is 4.74. The Labute approximate surface area is 140 Å². The van der Waals surface area contributed by atoms with Crippen LogP contribution in [0, 0.1) is 12.8 Å². The number of hydrogen-bond donors (Lipinski definition) is 1. The van der Waals surface area contributed by atoms with Crippen LogP contribution in [0.1, 0.15) is 35.5 Å². The number of fused-ring (bicyclic) bond motifs is 1. The highest BCUT2D eigenvalue weighted by Gasteiger charge is 2.16. The molecule has 0 aliphatic heterocycles. The van der Waals surface area contributed by atoms with Crippen molar-refractivity contribution in [3.8, 4) is 0 Å². The van der Waals surface area contributed by atoms with Crippen molar-refractivity contribution < 1.29 is 4.79 Å². The lowest BCUT2D eigenvalue weighted by Crippen LogP contribution is -2.29. The fourth-order valence-electron chi connectivity index (χ4n) is 2.60. The zero-order valence-electron chi connectivity index (χ0n) is 13.8. The predicted octanol–water partition coefficient (Wildman–Crippen LogP) is 4.45. The summed E-state index contributed by atoms with van der Waals surface area (Å²) < 4.78 is 3.28. The van der Waals surface area contributed by atoms with Gasteiger partial charge in [0.05, 0.1) is 10.2 Å². The van der Waals surface area contributed by atoms with E-state index in [9.17, 15) is 4.79 Å². The highest BCUT2D eigenvalue weighted by molar-refractivity contribution is 7.17. The molecule has 0 radical (unpaired) electrons. The van der Waals surface area contributed by atoms with Crippen molar-refractivity contribution in [2.45, 2.75) is 27.3 Å². The standard InChI is InChI=1S/C19H22N2OS/c1-13(2)11-20-19(22)17-10-18-16(8-9-23-18)21(17)12-15-6-4-14(3)5-7-15/h4-10,13H,11-12H2,1-3H3,(H,20,22). The van der Waals surface area contributed by atoms with Crippen LogP contribution in [-0.2, 0) is 6.54 Å². The second-order valence-electron chi connectivity index (χ2n) is 6.38. The lowest BCUT2D eigenvalue weighted by Gasteiger charge is -2.12. The van der Waals surface area contributed by atoms with Crippen molar-refractivity contribution in [2.24, 2.45) is 5.92 Å². The van der Waals surface area contributed by atoms with Crippen LogP contribution in [0.5, 0.6) is 0 Å². The van der Waals surface area contributed by atoms with E-state index in [2.05, 4.69) is 66.4 Å². The van der Waals surface area contributed by atoms with Gasteiger partial charge >= 0.3 is 0 Å². The van der Waals surface area contributed by atoms with E-state index >= 15 is 0 Å². The van der Waals surface area contributed by atoms with Gasteiger partial charge in [0.1, 0.15) is 5.69 Å². The molecule has 3 rings (SSSR count). The van der Waals surface area contributed by atoms with Gasteiger partial charge in [0.2, 0.25) is 0 Å². The molecule has 0 aliphatic rings. The third-order valence-electron chi connectivity index (χ3n) is 3.89. The molecule has 2 heterocycles. The average molecular weight is 326 g/mol. The van der Waals surface area contributed by atoms with Gasteiger partial charge in [-0.1, -0.05) is 43.7 Å². The van der Waals surface area contributed by atoms with E-state index in [1.54, 1.807) is 11.3 Å². The van der Waals surface area contributed by atoms with E-state index in [4.69, 9.17) is 0 Å². The van der Waals surface area contributed by atoms with E-state index in [-0.39, 0.29) is 5.91 Å². The van der Waals surface area contributed by atoms with Crippen LogP contribution in [0.3, 0.4) is 0 Å². The number of nitrogens with one attached hydrogen (secondary N) is 1. The summed E-state index contributed by atoms with van der Waals surface area (Å²) in [7, 11) is 0. The molecular formula is C19H22N2OS. The summed E-state index contributed by atoms with van der Waals surface area (Å²) in [5, 5.41) is 5.10. The highest BCUT2D eigenvalue weighted by atomic mass is 32.1. The fraction of sp³-hybridized carbons (Fsp3) is 0.316. The van der Waals surface area contributed by atoms with Crippen LogP contribution in [0.25, 0.3) is 10.2 Å². The molecule has 0 spiro atoms. The quantitative estimate of drug-likeness (QED) is 0.738. The molecule has 1 N–H and O–H groups in total. The second-order valence-corrected chi connectivity index (χ2v) is 7.32. The molecule has 1 amide bonds. The molecule has 3 aromatic rings. The van der Waals surface area contributed by atoms with Crippen molar-refractivity contribution in [3.63, 3.8) is 0 Å². The summed E-state index contributed by atoms with van der Waals surface area (Å²) in [4.78, 5) is 12.6. The SMILES string of the molecule is Cc1ccc(Cn2c(C(=O)NCC(C)C)cc3sccc32)cc1. The minimum Gasteiger partial charge on any atom is -0.351 e. The Kier molecular flexibility index (Phi) is 4.53. The summed E-state index contributed by atoms with van der Waals surface area (Å²) in [5.74, 6) is 0.454. The normalized spacial score (nSPS) is 11.3. The summed E-state index contributed by atoms with van der Waals surface area (Å²) in [5.41, 5.74) is 4.33. The molecule has 2 aromatic heterocycles. The second kappa shape index (κ2) is 6.59. The maximum absolute atomic E-state index is 12.6. The number of aryl methyl sites for hydroxylation is 1. The monoisotopic (exact) mass is 326 g/mol. The fourth-order valence-corrected chi connectivity index (χ4v) is 3.42. The largest absolute Gasteiger partial charge is 0.351 e. The van der Waals surface area contributed by atoms with E-state index in [1.807, 2.05) is 6.07 Å². The number of hydrogen-bond acceptors (Lipinski definition) is 2. The van der Waals surface area contributed by atoms with Gasteiger partial charge in [0.15, 0.2) is 0 Å². The molecule has 120 valence electrons. The van der Waals surface area contributed by atoms with Gasteiger partial charge in [0, 0.05) is 13.1 Å². The molecule has 0 fully saturated rings.